The maximum atomic E-state index is 11.5. The highest BCUT2D eigenvalue weighted by Crippen LogP contribution is 2.11. The molecule has 1 N–H and O–H groups in total. The third-order valence-electron chi connectivity index (χ3n) is 2.56. The predicted octanol–water partition coefficient (Wildman–Crippen LogP) is 2.74. The maximum Gasteiger partial charge on any atom is 0.323 e. The van der Waals surface area contributed by atoms with E-state index in [1.165, 1.54) is 7.11 Å². The van der Waals surface area contributed by atoms with Gasteiger partial charge in [0.05, 0.1) is 7.11 Å². The quantitative estimate of drug-likeness (QED) is 0.850. The monoisotopic (exact) mass is 299 g/mol. The molecule has 1 aromatic rings. The molecule has 0 unspecified atom stereocenters. The number of halogens is 1. The first-order valence-electron chi connectivity index (χ1n) is 5.60. The van der Waals surface area contributed by atoms with Crippen LogP contribution in [0, 0.1) is 5.92 Å². The molecular weight excluding hydrogens is 282 g/mol. The maximum absolute atomic E-state index is 11.5. The Morgan fingerprint density at radius 3 is 2.41 bits per heavy atom. The van der Waals surface area contributed by atoms with Crippen molar-refractivity contribution in [2.75, 3.05) is 7.11 Å². The first-order valence-corrected chi connectivity index (χ1v) is 6.39. The largest absolute Gasteiger partial charge is 0.468 e. The van der Waals surface area contributed by atoms with Gasteiger partial charge in [-0.1, -0.05) is 41.9 Å². The average molecular weight is 300 g/mol. The standard InChI is InChI=1S/C13H18BrNO2/c1-9(2)12(13(16)17-3)15-8-10-4-6-11(14)7-5-10/h4-7,9,12,15H,8H2,1-3H3/t12-/m1/s1. The molecule has 0 radical (unpaired) electrons. The van der Waals surface area contributed by atoms with Gasteiger partial charge in [0.15, 0.2) is 0 Å². The molecule has 4 heteroatoms. The molecule has 0 heterocycles. The van der Waals surface area contributed by atoms with E-state index in [9.17, 15) is 4.79 Å². The van der Waals surface area contributed by atoms with Crippen LogP contribution in [0.3, 0.4) is 0 Å². The van der Waals surface area contributed by atoms with Crippen LogP contribution >= 0.6 is 15.9 Å². The van der Waals surface area contributed by atoms with Gasteiger partial charge in [0, 0.05) is 11.0 Å². The van der Waals surface area contributed by atoms with Crippen LogP contribution in [0.2, 0.25) is 0 Å². The number of ether oxygens (including phenoxy) is 1. The van der Waals surface area contributed by atoms with Gasteiger partial charge in [-0.05, 0) is 23.6 Å². The minimum atomic E-state index is -0.261. The van der Waals surface area contributed by atoms with Gasteiger partial charge in [0.25, 0.3) is 0 Å². The normalized spacial score (nSPS) is 12.5. The molecule has 1 atom stereocenters. The summed E-state index contributed by atoms with van der Waals surface area (Å²) in [6.45, 7) is 4.65. The number of hydrogen-bond acceptors (Lipinski definition) is 3. The molecule has 0 aromatic heterocycles. The third kappa shape index (κ3) is 4.48. The Balaban J connectivity index is 2.58. The Kier molecular flexibility index (Phi) is 5.65. The summed E-state index contributed by atoms with van der Waals surface area (Å²) in [5.74, 6) is -0.00462. The Hall–Kier alpha value is -0.870. The zero-order valence-corrected chi connectivity index (χ0v) is 12.0. The van der Waals surface area contributed by atoms with E-state index in [0.29, 0.717) is 6.54 Å². The summed E-state index contributed by atoms with van der Waals surface area (Å²) in [4.78, 5) is 11.5. The predicted molar refractivity (Wildman–Crippen MR) is 71.6 cm³/mol. The van der Waals surface area contributed by atoms with Crippen LogP contribution in [0.5, 0.6) is 0 Å². The smallest absolute Gasteiger partial charge is 0.323 e. The van der Waals surface area contributed by atoms with Crippen molar-refractivity contribution in [3.63, 3.8) is 0 Å². The van der Waals surface area contributed by atoms with Crippen molar-refractivity contribution in [2.45, 2.75) is 26.4 Å². The fourth-order valence-electron chi connectivity index (χ4n) is 1.55. The van der Waals surface area contributed by atoms with E-state index in [4.69, 9.17) is 4.74 Å². The minimum absolute atomic E-state index is 0.206. The summed E-state index contributed by atoms with van der Waals surface area (Å²) in [6, 6.07) is 7.75. The molecule has 0 bridgehead atoms. The van der Waals surface area contributed by atoms with Crippen molar-refractivity contribution in [2.24, 2.45) is 5.92 Å². The van der Waals surface area contributed by atoms with Gasteiger partial charge in [-0.3, -0.25) is 4.79 Å². The molecule has 0 aliphatic rings. The van der Waals surface area contributed by atoms with E-state index in [0.717, 1.165) is 10.0 Å². The van der Waals surface area contributed by atoms with E-state index in [1.54, 1.807) is 0 Å². The molecule has 1 aromatic carbocycles. The topological polar surface area (TPSA) is 38.3 Å². The molecule has 0 aliphatic carbocycles. The highest BCUT2D eigenvalue weighted by atomic mass is 79.9. The van der Waals surface area contributed by atoms with Crippen LogP contribution in [0.4, 0.5) is 0 Å². The fraction of sp³-hybridized carbons (Fsp3) is 0.462. The minimum Gasteiger partial charge on any atom is -0.468 e. The van der Waals surface area contributed by atoms with E-state index in [1.807, 2.05) is 38.1 Å². The second-order valence-corrected chi connectivity index (χ2v) is 5.17. The first kappa shape index (κ1) is 14.2. The van der Waals surface area contributed by atoms with E-state index < -0.39 is 0 Å². The van der Waals surface area contributed by atoms with Crippen molar-refractivity contribution in [3.8, 4) is 0 Å². The summed E-state index contributed by atoms with van der Waals surface area (Å²) in [6.07, 6.45) is 0. The van der Waals surface area contributed by atoms with Crippen molar-refractivity contribution in [1.82, 2.24) is 5.32 Å². The van der Waals surface area contributed by atoms with Gasteiger partial charge in [-0.15, -0.1) is 0 Å². The lowest BCUT2D eigenvalue weighted by atomic mass is 10.0. The van der Waals surface area contributed by atoms with Crippen molar-refractivity contribution < 1.29 is 9.53 Å². The number of methoxy groups -OCH3 is 1. The van der Waals surface area contributed by atoms with Gasteiger partial charge in [-0.2, -0.15) is 0 Å². The van der Waals surface area contributed by atoms with Crippen LogP contribution < -0.4 is 5.32 Å². The number of esters is 1. The number of carbonyl (C=O) groups is 1. The Morgan fingerprint density at radius 2 is 1.94 bits per heavy atom. The second-order valence-electron chi connectivity index (χ2n) is 4.25. The lowest BCUT2D eigenvalue weighted by molar-refractivity contribution is -0.144. The van der Waals surface area contributed by atoms with Gasteiger partial charge < -0.3 is 10.1 Å². The molecular formula is C13H18BrNO2. The van der Waals surface area contributed by atoms with Gasteiger partial charge >= 0.3 is 5.97 Å². The Bertz CT molecular complexity index is 362. The summed E-state index contributed by atoms with van der Waals surface area (Å²) in [5.41, 5.74) is 1.14. The summed E-state index contributed by atoms with van der Waals surface area (Å²) < 4.78 is 5.82. The van der Waals surface area contributed by atoms with Crippen molar-refractivity contribution >= 4 is 21.9 Å². The molecule has 0 saturated heterocycles. The van der Waals surface area contributed by atoms with Crippen LogP contribution in [-0.2, 0) is 16.1 Å². The summed E-state index contributed by atoms with van der Waals surface area (Å²) >= 11 is 3.39. The first-order chi connectivity index (χ1) is 8.04. The van der Waals surface area contributed by atoms with Gasteiger partial charge in [0.1, 0.15) is 6.04 Å². The van der Waals surface area contributed by atoms with E-state index >= 15 is 0 Å². The second kappa shape index (κ2) is 6.77. The van der Waals surface area contributed by atoms with Crippen molar-refractivity contribution in [3.05, 3.63) is 34.3 Å². The Morgan fingerprint density at radius 1 is 1.35 bits per heavy atom. The number of nitrogens with one attached hydrogen (secondary N) is 1. The third-order valence-corrected chi connectivity index (χ3v) is 3.09. The van der Waals surface area contributed by atoms with Gasteiger partial charge in [-0.25, -0.2) is 0 Å². The zero-order chi connectivity index (χ0) is 12.8. The number of carbonyl (C=O) groups excluding carboxylic acids is 1. The molecule has 94 valence electrons. The van der Waals surface area contributed by atoms with Crippen LogP contribution in [0.1, 0.15) is 19.4 Å². The van der Waals surface area contributed by atoms with Crippen LogP contribution in [0.25, 0.3) is 0 Å². The molecule has 0 spiro atoms. The highest BCUT2D eigenvalue weighted by molar-refractivity contribution is 9.10. The van der Waals surface area contributed by atoms with Crippen LogP contribution in [-0.4, -0.2) is 19.1 Å². The van der Waals surface area contributed by atoms with E-state index in [2.05, 4.69) is 21.2 Å². The molecule has 3 nitrogen and oxygen atoms in total. The summed E-state index contributed by atoms with van der Waals surface area (Å²) in [7, 11) is 1.42. The highest BCUT2D eigenvalue weighted by Gasteiger charge is 2.21. The fourth-order valence-corrected chi connectivity index (χ4v) is 1.81. The molecule has 17 heavy (non-hydrogen) atoms. The SMILES string of the molecule is COC(=O)[C@H](NCc1ccc(Br)cc1)C(C)C. The molecule has 0 aliphatic heterocycles. The summed E-state index contributed by atoms with van der Waals surface area (Å²) in [5, 5.41) is 3.22. The van der Waals surface area contributed by atoms with Gasteiger partial charge in [0.2, 0.25) is 0 Å². The number of rotatable bonds is 5. The number of hydrogen-bond donors (Lipinski definition) is 1. The lowest BCUT2D eigenvalue weighted by Gasteiger charge is -2.19. The molecule has 0 saturated carbocycles. The molecule has 0 amide bonds. The average Bonchev–Trinajstić information content (AvgIpc) is 2.31. The molecule has 0 fully saturated rings. The van der Waals surface area contributed by atoms with E-state index in [-0.39, 0.29) is 17.9 Å². The van der Waals surface area contributed by atoms with Crippen LogP contribution in [0.15, 0.2) is 28.7 Å². The molecule has 1 rings (SSSR count). The van der Waals surface area contributed by atoms with Crippen molar-refractivity contribution in [1.29, 1.82) is 0 Å². The lowest BCUT2D eigenvalue weighted by Crippen LogP contribution is -2.41. The zero-order valence-electron chi connectivity index (χ0n) is 10.4. The number of benzene rings is 1. The Labute approximate surface area is 111 Å².